The van der Waals surface area contributed by atoms with Gasteiger partial charge in [0, 0.05) is 39.7 Å². The van der Waals surface area contributed by atoms with E-state index in [1.807, 2.05) is 7.05 Å². The second kappa shape index (κ2) is 11.5. The Morgan fingerprint density at radius 2 is 1.92 bits per heavy atom. The molecular weight excluding hydrogens is 460 g/mol. The van der Waals surface area contributed by atoms with E-state index in [1.165, 1.54) is 4.90 Å². The van der Waals surface area contributed by atoms with Crippen molar-refractivity contribution in [3.05, 3.63) is 0 Å². The van der Waals surface area contributed by atoms with E-state index < -0.39 is 12.7 Å². The molecule has 0 saturated carbocycles. The molecule has 0 bridgehead atoms. The van der Waals surface area contributed by atoms with Crippen LogP contribution in [0.3, 0.4) is 0 Å². The average Bonchev–Trinajstić information content (AvgIpc) is 3.04. The molecule has 2 heterocycles. The SMILES string of the molecule is CN=C(NCCC1CCN(CC(F)(F)F)CC1)N(C)CC1CCOC1.I. The summed E-state index contributed by atoms with van der Waals surface area (Å²) in [5.74, 6) is 1.92. The molecule has 26 heavy (non-hydrogen) atoms. The van der Waals surface area contributed by atoms with Gasteiger partial charge in [0.25, 0.3) is 0 Å². The molecular formula is C17H32F3IN4O. The minimum atomic E-state index is -4.09. The smallest absolute Gasteiger partial charge is 0.381 e. The maximum Gasteiger partial charge on any atom is 0.401 e. The standard InChI is InChI=1S/C17H31F3N4O.HI/c1-21-16(23(2)11-15-6-10-25-12-15)22-7-3-14-4-8-24(9-5-14)13-17(18,19)20;/h14-15H,3-13H2,1-2H3,(H,21,22);1H. The van der Waals surface area contributed by atoms with Crippen LogP contribution in [-0.2, 0) is 4.74 Å². The molecule has 0 aromatic heterocycles. The van der Waals surface area contributed by atoms with Crippen LogP contribution >= 0.6 is 24.0 Å². The van der Waals surface area contributed by atoms with Crippen molar-refractivity contribution in [2.75, 3.05) is 60.0 Å². The first kappa shape index (κ1) is 23.7. The summed E-state index contributed by atoms with van der Waals surface area (Å²) in [6.07, 6.45) is -0.343. The Balaban J connectivity index is 0.00000338. The van der Waals surface area contributed by atoms with Crippen LogP contribution in [0.5, 0.6) is 0 Å². The van der Waals surface area contributed by atoms with Gasteiger partial charge >= 0.3 is 6.18 Å². The van der Waals surface area contributed by atoms with Crippen molar-refractivity contribution in [2.24, 2.45) is 16.8 Å². The second-order valence-electron chi connectivity index (χ2n) is 7.21. The third-order valence-corrected chi connectivity index (χ3v) is 5.08. The molecule has 2 aliphatic rings. The molecule has 0 aliphatic carbocycles. The quantitative estimate of drug-likeness (QED) is 0.352. The van der Waals surface area contributed by atoms with E-state index in [9.17, 15) is 13.2 Å². The molecule has 2 saturated heterocycles. The molecule has 0 amide bonds. The topological polar surface area (TPSA) is 40.1 Å². The Hall–Kier alpha value is -0.290. The van der Waals surface area contributed by atoms with Gasteiger partial charge in [0.15, 0.2) is 5.96 Å². The van der Waals surface area contributed by atoms with E-state index in [1.54, 1.807) is 7.05 Å². The van der Waals surface area contributed by atoms with E-state index in [-0.39, 0.29) is 24.0 Å². The molecule has 0 spiro atoms. The largest absolute Gasteiger partial charge is 0.401 e. The highest BCUT2D eigenvalue weighted by Crippen LogP contribution is 2.24. The Bertz CT molecular complexity index is 423. The lowest BCUT2D eigenvalue weighted by Crippen LogP contribution is -2.43. The monoisotopic (exact) mass is 492 g/mol. The van der Waals surface area contributed by atoms with Gasteiger partial charge in [-0.05, 0) is 44.7 Å². The van der Waals surface area contributed by atoms with Gasteiger partial charge in [0.1, 0.15) is 0 Å². The van der Waals surface area contributed by atoms with Gasteiger partial charge in [-0.3, -0.25) is 9.89 Å². The number of nitrogens with zero attached hydrogens (tertiary/aromatic N) is 3. The molecule has 0 aromatic rings. The third-order valence-electron chi connectivity index (χ3n) is 5.08. The van der Waals surface area contributed by atoms with Gasteiger partial charge in [-0.1, -0.05) is 0 Å². The van der Waals surface area contributed by atoms with Gasteiger partial charge in [0.05, 0.1) is 13.2 Å². The predicted molar refractivity (Wildman–Crippen MR) is 108 cm³/mol. The normalized spacial score (nSPS) is 23.0. The number of aliphatic imine (C=N–C) groups is 1. The summed E-state index contributed by atoms with van der Waals surface area (Å²) in [6.45, 7) is 3.70. The molecule has 5 nitrogen and oxygen atoms in total. The summed E-state index contributed by atoms with van der Waals surface area (Å²) in [4.78, 5) is 7.97. The molecule has 154 valence electrons. The Morgan fingerprint density at radius 1 is 1.23 bits per heavy atom. The number of halogens is 4. The highest BCUT2D eigenvalue weighted by atomic mass is 127. The number of alkyl halides is 3. The van der Waals surface area contributed by atoms with Crippen LogP contribution < -0.4 is 5.32 Å². The molecule has 2 rings (SSSR count). The number of likely N-dealkylation sites (tertiary alicyclic amines) is 1. The lowest BCUT2D eigenvalue weighted by atomic mass is 9.93. The van der Waals surface area contributed by atoms with Crippen molar-refractivity contribution >= 4 is 29.9 Å². The summed E-state index contributed by atoms with van der Waals surface area (Å²) in [7, 11) is 3.81. The summed E-state index contributed by atoms with van der Waals surface area (Å²) >= 11 is 0. The Labute approximate surface area is 171 Å². The van der Waals surface area contributed by atoms with E-state index in [0.29, 0.717) is 24.9 Å². The molecule has 1 N–H and O–H groups in total. The van der Waals surface area contributed by atoms with E-state index in [4.69, 9.17) is 4.74 Å². The van der Waals surface area contributed by atoms with Crippen LogP contribution in [0.15, 0.2) is 4.99 Å². The molecule has 9 heteroatoms. The summed E-state index contributed by atoms with van der Waals surface area (Å²) in [5, 5.41) is 3.38. The van der Waals surface area contributed by atoms with Crippen LogP contribution in [0.1, 0.15) is 25.7 Å². The van der Waals surface area contributed by atoms with Crippen molar-refractivity contribution in [3.63, 3.8) is 0 Å². The fourth-order valence-electron chi connectivity index (χ4n) is 3.66. The van der Waals surface area contributed by atoms with Gasteiger partial charge in [-0.25, -0.2) is 0 Å². The van der Waals surface area contributed by atoms with Crippen molar-refractivity contribution in [3.8, 4) is 0 Å². The number of ether oxygens (including phenoxy) is 1. The minimum absolute atomic E-state index is 0. The third kappa shape index (κ3) is 8.60. The second-order valence-corrected chi connectivity index (χ2v) is 7.21. The Morgan fingerprint density at radius 3 is 2.46 bits per heavy atom. The van der Waals surface area contributed by atoms with Crippen molar-refractivity contribution in [1.29, 1.82) is 0 Å². The van der Waals surface area contributed by atoms with Crippen LogP contribution in [0.25, 0.3) is 0 Å². The molecule has 2 aliphatic heterocycles. The zero-order chi connectivity index (χ0) is 18.3. The highest BCUT2D eigenvalue weighted by molar-refractivity contribution is 14.0. The fourth-order valence-corrected chi connectivity index (χ4v) is 3.66. The molecule has 1 unspecified atom stereocenters. The fraction of sp³-hybridized carbons (Fsp3) is 0.941. The van der Waals surface area contributed by atoms with Gasteiger partial charge < -0.3 is 15.0 Å². The first-order valence-electron chi connectivity index (χ1n) is 9.16. The van der Waals surface area contributed by atoms with E-state index in [0.717, 1.165) is 57.9 Å². The highest BCUT2D eigenvalue weighted by Gasteiger charge is 2.32. The van der Waals surface area contributed by atoms with Crippen LogP contribution in [0, 0.1) is 11.8 Å². The maximum atomic E-state index is 12.4. The number of nitrogens with one attached hydrogen (secondary N) is 1. The molecule has 2 fully saturated rings. The lowest BCUT2D eigenvalue weighted by molar-refractivity contribution is -0.148. The number of hydrogen-bond acceptors (Lipinski definition) is 3. The van der Waals surface area contributed by atoms with Crippen molar-refractivity contribution < 1.29 is 17.9 Å². The lowest BCUT2D eigenvalue weighted by Gasteiger charge is -2.32. The number of hydrogen-bond donors (Lipinski definition) is 1. The van der Waals surface area contributed by atoms with Gasteiger partial charge in [-0.2, -0.15) is 13.2 Å². The number of rotatable bonds is 6. The zero-order valence-electron chi connectivity index (χ0n) is 15.7. The first-order chi connectivity index (χ1) is 11.9. The number of piperidine rings is 1. The predicted octanol–water partition coefficient (Wildman–Crippen LogP) is 2.81. The van der Waals surface area contributed by atoms with Crippen molar-refractivity contribution in [2.45, 2.75) is 31.9 Å². The molecule has 0 aromatic carbocycles. The summed E-state index contributed by atoms with van der Waals surface area (Å²) < 4.78 is 42.6. The first-order valence-corrected chi connectivity index (χ1v) is 9.16. The molecule has 0 radical (unpaired) electrons. The van der Waals surface area contributed by atoms with Crippen LogP contribution in [0.4, 0.5) is 13.2 Å². The van der Waals surface area contributed by atoms with E-state index in [2.05, 4.69) is 15.2 Å². The molecule has 1 atom stereocenters. The van der Waals surface area contributed by atoms with Crippen molar-refractivity contribution in [1.82, 2.24) is 15.1 Å². The summed E-state index contributed by atoms with van der Waals surface area (Å²) in [6, 6.07) is 0. The Kier molecular flexibility index (Phi) is 10.5. The summed E-state index contributed by atoms with van der Waals surface area (Å²) in [5.41, 5.74) is 0. The maximum absolute atomic E-state index is 12.4. The van der Waals surface area contributed by atoms with Gasteiger partial charge in [0.2, 0.25) is 0 Å². The van der Waals surface area contributed by atoms with Crippen LogP contribution in [0.2, 0.25) is 0 Å². The minimum Gasteiger partial charge on any atom is -0.381 e. The zero-order valence-corrected chi connectivity index (χ0v) is 18.1. The number of guanidine groups is 1. The average molecular weight is 492 g/mol. The van der Waals surface area contributed by atoms with E-state index >= 15 is 0 Å². The van der Waals surface area contributed by atoms with Gasteiger partial charge in [-0.15, -0.1) is 24.0 Å². The van der Waals surface area contributed by atoms with Crippen LogP contribution in [-0.4, -0.2) is 82.0 Å².